The fourth-order valence-electron chi connectivity index (χ4n) is 2.81. The van der Waals surface area contributed by atoms with Crippen LogP contribution in [0.5, 0.6) is 0 Å². The van der Waals surface area contributed by atoms with Gasteiger partial charge in [-0.15, -0.1) is 0 Å². The van der Waals surface area contributed by atoms with Crippen LogP contribution < -0.4 is 0 Å². The molecule has 3 N–H and O–H groups in total. The molecule has 0 saturated carbocycles. The van der Waals surface area contributed by atoms with Crippen molar-refractivity contribution in [1.82, 2.24) is 20.1 Å². The largest absolute Gasteiger partial charge is 0.465 e. The second kappa shape index (κ2) is 6.49. The van der Waals surface area contributed by atoms with Crippen molar-refractivity contribution in [3.63, 3.8) is 0 Å². The van der Waals surface area contributed by atoms with Crippen LogP contribution in [0.2, 0.25) is 0 Å². The number of hydrogen-bond acceptors (Lipinski definition) is 7. The number of aliphatic hydroxyl groups excluding tert-OH is 2. The molecule has 1 aliphatic heterocycles. The van der Waals surface area contributed by atoms with Gasteiger partial charge in [0, 0.05) is 26.2 Å². The van der Waals surface area contributed by atoms with Crippen molar-refractivity contribution in [3.05, 3.63) is 23.8 Å². The van der Waals surface area contributed by atoms with Crippen molar-refractivity contribution in [3.8, 4) is 0 Å². The van der Waals surface area contributed by atoms with E-state index in [9.17, 15) is 15.0 Å². The Morgan fingerprint density at radius 2 is 2.13 bits per heavy atom. The molecule has 2 atom stereocenters. The first-order chi connectivity index (χ1) is 11.1. The first kappa shape index (κ1) is 15.7. The fourth-order valence-corrected chi connectivity index (χ4v) is 2.81. The van der Waals surface area contributed by atoms with Gasteiger partial charge in [-0.25, -0.2) is 9.42 Å². The Morgan fingerprint density at radius 1 is 1.35 bits per heavy atom. The van der Waals surface area contributed by atoms with Gasteiger partial charge in [-0.3, -0.25) is 4.90 Å². The topological polar surface area (TPSA) is 123 Å². The quantitative estimate of drug-likeness (QED) is 0.714. The SMILES string of the molecule is O=C(O)N1CCN(CC(O)c2ccc3nonc3c2)[C@H](CO)C1. The van der Waals surface area contributed by atoms with Crippen molar-refractivity contribution < 1.29 is 24.7 Å². The summed E-state index contributed by atoms with van der Waals surface area (Å²) in [5.41, 5.74) is 1.85. The molecule has 1 saturated heterocycles. The van der Waals surface area contributed by atoms with E-state index >= 15 is 0 Å². The smallest absolute Gasteiger partial charge is 0.407 e. The average molecular weight is 322 g/mol. The molecule has 1 aliphatic rings. The third-order valence-corrected chi connectivity index (χ3v) is 4.16. The Balaban J connectivity index is 1.68. The van der Waals surface area contributed by atoms with Crippen LogP contribution >= 0.6 is 0 Å². The zero-order valence-electron chi connectivity index (χ0n) is 12.4. The average Bonchev–Trinajstić information content (AvgIpc) is 3.02. The lowest BCUT2D eigenvalue weighted by molar-refractivity contribution is 0.0130. The number of amides is 1. The molecule has 23 heavy (non-hydrogen) atoms. The summed E-state index contributed by atoms with van der Waals surface area (Å²) in [6.07, 6.45) is -1.77. The molecule has 9 nitrogen and oxygen atoms in total. The number of nitrogens with zero attached hydrogens (tertiary/aromatic N) is 4. The molecule has 2 heterocycles. The molecular weight excluding hydrogens is 304 g/mol. The number of carboxylic acid groups (broad SMARTS) is 1. The van der Waals surface area contributed by atoms with E-state index in [0.717, 1.165) is 0 Å². The Kier molecular flexibility index (Phi) is 4.42. The minimum Gasteiger partial charge on any atom is -0.465 e. The van der Waals surface area contributed by atoms with Crippen LogP contribution in [0.25, 0.3) is 11.0 Å². The third kappa shape index (κ3) is 3.26. The van der Waals surface area contributed by atoms with E-state index in [1.165, 1.54) is 4.90 Å². The summed E-state index contributed by atoms with van der Waals surface area (Å²) in [5, 5.41) is 36.4. The van der Waals surface area contributed by atoms with Gasteiger partial charge in [0.1, 0.15) is 11.0 Å². The number of carbonyl (C=O) groups is 1. The third-order valence-electron chi connectivity index (χ3n) is 4.16. The maximum absolute atomic E-state index is 11.0. The van der Waals surface area contributed by atoms with Gasteiger partial charge < -0.3 is 20.2 Å². The van der Waals surface area contributed by atoms with Crippen molar-refractivity contribution in [1.29, 1.82) is 0 Å². The highest BCUT2D eigenvalue weighted by molar-refractivity contribution is 5.73. The van der Waals surface area contributed by atoms with Gasteiger partial charge in [-0.1, -0.05) is 6.07 Å². The van der Waals surface area contributed by atoms with Crippen LogP contribution in [0.4, 0.5) is 4.79 Å². The summed E-state index contributed by atoms with van der Waals surface area (Å²) in [5.74, 6) is 0. The first-order valence-corrected chi connectivity index (χ1v) is 7.31. The van der Waals surface area contributed by atoms with Crippen LogP contribution in [-0.2, 0) is 0 Å². The van der Waals surface area contributed by atoms with Gasteiger partial charge >= 0.3 is 6.09 Å². The lowest BCUT2D eigenvalue weighted by atomic mass is 10.1. The van der Waals surface area contributed by atoms with Gasteiger partial charge in [0.2, 0.25) is 0 Å². The molecule has 0 aliphatic carbocycles. The van der Waals surface area contributed by atoms with E-state index in [2.05, 4.69) is 14.9 Å². The maximum Gasteiger partial charge on any atom is 0.407 e. The molecule has 2 aromatic rings. The Bertz CT molecular complexity index is 691. The van der Waals surface area contributed by atoms with Crippen LogP contribution in [0.15, 0.2) is 22.8 Å². The molecule has 9 heteroatoms. The van der Waals surface area contributed by atoms with Crippen molar-refractivity contribution in [2.75, 3.05) is 32.8 Å². The monoisotopic (exact) mass is 322 g/mol. The molecule has 3 rings (SSSR count). The highest BCUT2D eigenvalue weighted by Crippen LogP contribution is 2.21. The summed E-state index contributed by atoms with van der Waals surface area (Å²) >= 11 is 0. The molecule has 1 aromatic heterocycles. The molecular formula is C14H18N4O5. The summed E-state index contributed by atoms with van der Waals surface area (Å²) in [7, 11) is 0. The summed E-state index contributed by atoms with van der Waals surface area (Å²) in [6, 6.07) is 4.85. The van der Waals surface area contributed by atoms with Gasteiger partial charge in [-0.2, -0.15) is 0 Å². The summed E-state index contributed by atoms with van der Waals surface area (Å²) in [6.45, 7) is 1.18. The van der Waals surface area contributed by atoms with E-state index in [4.69, 9.17) is 5.11 Å². The van der Waals surface area contributed by atoms with Crippen LogP contribution in [0, 0.1) is 0 Å². The highest BCUT2D eigenvalue weighted by Gasteiger charge is 2.30. The first-order valence-electron chi connectivity index (χ1n) is 7.31. The number of fused-ring (bicyclic) bond motifs is 1. The Morgan fingerprint density at radius 3 is 2.87 bits per heavy atom. The van der Waals surface area contributed by atoms with E-state index in [1.54, 1.807) is 18.2 Å². The maximum atomic E-state index is 11.0. The van der Waals surface area contributed by atoms with E-state index in [0.29, 0.717) is 36.2 Å². The second-order valence-electron chi connectivity index (χ2n) is 5.59. The lowest BCUT2D eigenvalue weighted by Crippen LogP contribution is -2.56. The van der Waals surface area contributed by atoms with Crippen LogP contribution in [0.1, 0.15) is 11.7 Å². The van der Waals surface area contributed by atoms with Crippen molar-refractivity contribution in [2.24, 2.45) is 0 Å². The number of rotatable bonds is 4. The van der Waals surface area contributed by atoms with Crippen molar-refractivity contribution in [2.45, 2.75) is 12.1 Å². The molecule has 1 unspecified atom stereocenters. The Labute approximate surface area is 131 Å². The number of aliphatic hydroxyl groups is 2. The number of benzene rings is 1. The molecule has 124 valence electrons. The molecule has 0 spiro atoms. The number of aromatic nitrogens is 2. The van der Waals surface area contributed by atoms with Gasteiger partial charge in [0.25, 0.3) is 0 Å². The Hall–Kier alpha value is -2.23. The normalized spacial score (nSPS) is 20.8. The number of piperazine rings is 1. The second-order valence-corrected chi connectivity index (χ2v) is 5.59. The molecule has 1 fully saturated rings. The van der Waals surface area contributed by atoms with Crippen LogP contribution in [0.3, 0.4) is 0 Å². The van der Waals surface area contributed by atoms with E-state index in [1.807, 2.05) is 4.90 Å². The van der Waals surface area contributed by atoms with E-state index < -0.39 is 12.2 Å². The lowest BCUT2D eigenvalue weighted by Gasteiger charge is -2.40. The predicted molar refractivity (Wildman–Crippen MR) is 78.8 cm³/mol. The minimum atomic E-state index is -0.993. The van der Waals surface area contributed by atoms with E-state index in [-0.39, 0.29) is 19.2 Å². The molecule has 0 radical (unpaired) electrons. The standard InChI is InChI=1S/C14H18N4O5/c19-8-10-6-18(14(21)22)4-3-17(10)7-13(20)9-1-2-11-12(5-9)16-23-15-11/h1-2,5,10,13,19-20H,3-4,6-8H2,(H,21,22)/t10-,13?/m0/s1. The molecule has 0 bridgehead atoms. The van der Waals surface area contributed by atoms with Gasteiger partial charge in [0.05, 0.1) is 18.8 Å². The van der Waals surface area contributed by atoms with Crippen LogP contribution in [-0.4, -0.2) is 80.4 Å². The fraction of sp³-hybridized carbons (Fsp3) is 0.500. The molecule has 1 amide bonds. The zero-order chi connectivity index (χ0) is 16.4. The van der Waals surface area contributed by atoms with Crippen molar-refractivity contribution >= 4 is 17.1 Å². The van der Waals surface area contributed by atoms with Gasteiger partial charge in [-0.05, 0) is 28.0 Å². The molecule has 1 aromatic carbocycles. The predicted octanol–water partition coefficient (Wildman–Crippen LogP) is -0.0873. The summed E-state index contributed by atoms with van der Waals surface area (Å²) in [4.78, 5) is 14.2. The number of hydrogen-bond donors (Lipinski definition) is 3. The zero-order valence-corrected chi connectivity index (χ0v) is 12.4. The highest BCUT2D eigenvalue weighted by atomic mass is 16.6. The minimum absolute atomic E-state index is 0.164. The van der Waals surface area contributed by atoms with Gasteiger partial charge in [0.15, 0.2) is 0 Å². The number of β-amino-alcohol motifs (C(OH)–C–C–N with tert-alkyl or cyclic N) is 1. The summed E-state index contributed by atoms with van der Waals surface area (Å²) < 4.78 is 4.63.